The molecule has 2 N–H and O–H groups in total. The summed E-state index contributed by atoms with van der Waals surface area (Å²) in [5.74, 6) is 0.0939. The number of ether oxygens (including phenoxy) is 1. The second kappa shape index (κ2) is 10.9. The van der Waals surface area contributed by atoms with E-state index in [0.717, 1.165) is 15.8 Å². The van der Waals surface area contributed by atoms with Crippen molar-refractivity contribution >= 4 is 45.3 Å². The number of rotatable bonds is 10. The smallest absolute Gasteiger partial charge is 0.320 e. The van der Waals surface area contributed by atoms with Gasteiger partial charge in [-0.1, -0.05) is 33.6 Å². The highest BCUT2D eigenvalue weighted by Crippen LogP contribution is 2.26. The van der Waals surface area contributed by atoms with Crippen molar-refractivity contribution in [3.8, 4) is 5.75 Å². The first-order valence-corrected chi connectivity index (χ1v) is 10.8. The molecular formula is C19H20BrClFNO3S. The van der Waals surface area contributed by atoms with Gasteiger partial charge in [-0.05, 0) is 48.8 Å². The molecule has 4 nitrogen and oxygen atoms in total. The van der Waals surface area contributed by atoms with Gasteiger partial charge in [-0.3, -0.25) is 4.79 Å². The van der Waals surface area contributed by atoms with Crippen LogP contribution in [-0.4, -0.2) is 29.1 Å². The molecule has 0 saturated heterocycles. The van der Waals surface area contributed by atoms with Gasteiger partial charge in [0.1, 0.15) is 24.2 Å². The number of thioether (sulfide) groups is 1. The molecule has 0 spiro atoms. The normalized spacial score (nSPS) is 12.0. The van der Waals surface area contributed by atoms with Crippen LogP contribution in [-0.2, 0) is 17.9 Å². The molecule has 27 heavy (non-hydrogen) atoms. The van der Waals surface area contributed by atoms with Crippen LogP contribution in [0.2, 0.25) is 5.02 Å². The average Bonchev–Trinajstić information content (AvgIpc) is 2.62. The Balaban J connectivity index is 2.08. The third-order valence-corrected chi connectivity index (χ3v) is 5.36. The van der Waals surface area contributed by atoms with E-state index < -0.39 is 17.8 Å². The number of aliphatic carboxylic acids is 1. The third-order valence-electron chi connectivity index (χ3n) is 3.87. The second-order valence-corrected chi connectivity index (χ2v) is 8.14. The molecule has 0 fully saturated rings. The topological polar surface area (TPSA) is 58.6 Å². The number of carbonyl (C=O) groups is 1. The van der Waals surface area contributed by atoms with E-state index >= 15 is 0 Å². The molecule has 0 aliphatic heterocycles. The lowest BCUT2D eigenvalue weighted by Gasteiger charge is -2.17. The van der Waals surface area contributed by atoms with Gasteiger partial charge in [0, 0.05) is 22.1 Å². The highest BCUT2D eigenvalue weighted by Gasteiger charge is 2.17. The highest BCUT2D eigenvalue weighted by molar-refractivity contribution is 9.10. The van der Waals surface area contributed by atoms with E-state index in [1.165, 1.54) is 12.1 Å². The van der Waals surface area contributed by atoms with Crippen LogP contribution < -0.4 is 10.1 Å². The highest BCUT2D eigenvalue weighted by atomic mass is 79.9. The molecule has 8 heteroatoms. The first kappa shape index (κ1) is 22.0. The molecule has 0 saturated carbocycles. The predicted molar refractivity (Wildman–Crippen MR) is 111 cm³/mol. The summed E-state index contributed by atoms with van der Waals surface area (Å²) in [6.45, 7) is 0.528. The lowest BCUT2D eigenvalue weighted by molar-refractivity contribution is -0.139. The molecule has 1 atom stereocenters. The molecular weight excluding hydrogens is 457 g/mol. The van der Waals surface area contributed by atoms with Crippen molar-refractivity contribution < 1.29 is 19.0 Å². The van der Waals surface area contributed by atoms with Crippen molar-refractivity contribution in [3.05, 3.63) is 62.8 Å². The maximum absolute atomic E-state index is 13.2. The molecule has 146 valence electrons. The fourth-order valence-corrected chi connectivity index (χ4v) is 3.50. The second-order valence-electron chi connectivity index (χ2n) is 5.83. The molecule has 0 heterocycles. The minimum absolute atomic E-state index is 0.183. The van der Waals surface area contributed by atoms with Crippen LogP contribution in [0.3, 0.4) is 0 Å². The molecule has 0 aliphatic rings. The summed E-state index contributed by atoms with van der Waals surface area (Å²) < 4.78 is 19.9. The Morgan fingerprint density at radius 3 is 2.78 bits per heavy atom. The first-order chi connectivity index (χ1) is 12.9. The zero-order chi connectivity index (χ0) is 19.8. The number of nitrogens with one attached hydrogen (secondary N) is 1. The fraction of sp³-hybridized carbons (Fsp3) is 0.316. The fourth-order valence-electron chi connectivity index (χ4n) is 2.40. The molecule has 2 aromatic carbocycles. The summed E-state index contributed by atoms with van der Waals surface area (Å²) in [4.78, 5) is 11.4. The molecule has 2 rings (SSSR count). The standard InChI is InChI=1S/C19H20BrClFNO3S/c1-27-7-6-17(19(24)25)23-10-13-8-14(20)3-5-18(13)26-11-12-2-4-15(22)9-16(12)21/h2-5,8-9,17,23H,6-7,10-11H2,1H3,(H,24,25). The molecule has 2 aromatic rings. The Labute approximate surface area is 175 Å². The molecule has 0 amide bonds. The third kappa shape index (κ3) is 6.99. The van der Waals surface area contributed by atoms with Gasteiger partial charge in [0.15, 0.2) is 0 Å². The first-order valence-electron chi connectivity index (χ1n) is 8.21. The summed E-state index contributed by atoms with van der Waals surface area (Å²) in [7, 11) is 0. The number of benzene rings is 2. The maximum atomic E-state index is 13.2. The van der Waals surface area contributed by atoms with Gasteiger partial charge in [0.05, 0.1) is 5.02 Å². The van der Waals surface area contributed by atoms with E-state index in [9.17, 15) is 14.3 Å². The van der Waals surface area contributed by atoms with Gasteiger partial charge in [-0.15, -0.1) is 0 Å². The summed E-state index contributed by atoms with van der Waals surface area (Å²) in [5.41, 5.74) is 1.49. The zero-order valence-electron chi connectivity index (χ0n) is 14.7. The van der Waals surface area contributed by atoms with Gasteiger partial charge < -0.3 is 15.2 Å². The van der Waals surface area contributed by atoms with Gasteiger partial charge in [-0.25, -0.2) is 4.39 Å². The van der Waals surface area contributed by atoms with Crippen molar-refractivity contribution in [3.63, 3.8) is 0 Å². The van der Waals surface area contributed by atoms with Crippen molar-refractivity contribution in [2.45, 2.75) is 25.6 Å². The molecule has 0 aliphatic carbocycles. The van der Waals surface area contributed by atoms with Crippen LogP contribution >= 0.6 is 39.3 Å². The minimum atomic E-state index is -0.875. The maximum Gasteiger partial charge on any atom is 0.320 e. The lowest BCUT2D eigenvalue weighted by Crippen LogP contribution is -2.36. The Bertz CT molecular complexity index is 794. The molecule has 0 bridgehead atoms. The van der Waals surface area contributed by atoms with Crippen molar-refractivity contribution in [2.75, 3.05) is 12.0 Å². The van der Waals surface area contributed by atoms with E-state index in [2.05, 4.69) is 21.2 Å². The number of hydrogen-bond donors (Lipinski definition) is 2. The minimum Gasteiger partial charge on any atom is -0.489 e. The number of halogens is 3. The number of hydrogen-bond acceptors (Lipinski definition) is 4. The van der Waals surface area contributed by atoms with Gasteiger partial charge in [-0.2, -0.15) is 11.8 Å². The number of carboxylic acids is 1. The van der Waals surface area contributed by atoms with E-state index in [1.54, 1.807) is 23.9 Å². The van der Waals surface area contributed by atoms with Crippen molar-refractivity contribution in [2.24, 2.45) is 0 Å². The van der Waals surface area contributed by atoms with E-state index in [4.69, 9.17) is 16.3 Å². The van der Waals surface area contributed by atoms with E-state index in [1.807, 2.05) is 18.4 Å². The van der Waals surface area contributed by atoms with Crippen LogP contribution in [0, 0.1) is 5.82 Å². The Kier molecular flexibility index (Phi) is 8.89. The summed E-state index contributed by atoms with van der Waals surface area (Å²) in [6.07, 6.45) is 2.48. The van der Waals surface area contributed by atoms with Crippen LogP contribution in [0.4, 0.5) is 4.39 Å². The monoisotopic (exact) mass is 475 g/mol. The molecule has 0 aromatic heterocycles. The quantitative estimate of drug-likeness (QED) is 0.499. The molecule has 1 unspecified atom stereocenters. The average molecular weight is 477 g/mol. The molecule has 0 radical (unpaired) electrons. The summed E-state index contributed by atoms with van der Waals surface area (Å²) >= 11 is 11.1. The largest absolute Gasteiger partial charge is 0.489 e. The van der Waals surface area contributed by atoms with Gasteiger partial charge >= 0.3 is 5.97 Å². The van der Waals surface area contributed by atoms with E-state index in [0.29, 0.717) is 29.3 Å². The summed E-state index contributed by atoms with van der Waals surface area (Å²) in [6, 6.07) is 9.05. The lowest BCUT2D eigenvalue weighted by atomic mass is 10.1. The number of carboxylic acid groups (broad SMARTS) is 1. The Morgan fingerprint density at radius 2 is 2.11 bits per heavy atom. The SMILES string of the molecule is CSCCC(NCc1cc(Br)ccc1OCc1ccc(F)cc1Cl)C(=O)O. The summed E-state index contributed by atoms with van der Waals surface area (Å²) in [5, 5.41) is 12.7. The predicted octanol–water partition coefficient (Wildman–Crippen LogP) is 5.12. The van der Waals surface area contributed by atoms with Crippen LogP contribution in [0.5, 0.6) is 5.75 Å². The van der Waals surface area contributed by atoms with Gasteiger partial charge in [0.25, 0.3) is 0 Å². The Morgan fingerprint density at radius 1 is 1.33 bits per heavy atom. The van der Waals surface area contributed by atoms with Crippen LogP contribution in [0.25, 0.3) is 0 Å². The van der Waals surface area contributed by atoms with Crippen LogP contribution in [0.1, 0.15) is 17.5 Å². The van der Waals surface area contributed by atoms with Crippen molar-refractivity contribution in [1.29, 1.82) is 0 Å². The van der Waals surface area contributed by atoms with E-state index in [-0.39, 0.29) is 6.61 Å². The van der Waals surface area contributed by atoms with Crippen molar-refractivity contribution in [1.82, 2.24) is 5.32 Å². The Hall–Kier alpha value is -1.28. The van der Waals surface area contributed by atoms with Gasteiger partial charge in [0.2, 0.25) is 0 Å². The van der Waals surface area contributed by atoms with Crippen LogP contribution in [0.15, 0.2) is 40.9 Å². The zero-order valence-corrected chi connectivity index (χ0v) is 17.8.